The summed E-state index contributed by atoms with van der Waals surface area (Å²) in [4.78, 5) is 28.4. The standard InChI is InChI=1S/C22H24F3N3O4S/c1-15(2)26-33(31,32)19-9-5-17(6-10-19)21(30)28-13-11-27(12-14-28)20(29)16-3-7-18(8-4-16)22(23,24)25/h3-10,15,26H,11-14H2,1-2H3. The van der Waals surface area contributed by atoms with Gasteiger partial charge in [0.2, 0.25) is 10.0 Å². The van der Waals surface area contributed by atoms with E-state index >= 15 is 0 Å². The molecule has 2 amide bonds. The van der Waals surface area contributed by atoms with E-state index in [-0.39, 0.29) is 48.6 Å². The van der Waals surface area contributed by atoms with Gasteiger partial charge < -0.3 is 9.80 Å². The minimum Gasteiger partial charge on any atom is -0.335 e. The van der Waals surface area contributed by atoms with E-state index in [4.69, 9.17) is 0 Å². The fourth-order valence-corrected chi connectivity index (χ4v) is 4.69. The highest BCUT2D eigenvalue weighted by molar-refractivity contribution is 7.89. The maximum atomic E-state index is 12.8. The molecule has 0 aliphatic carbocycles. The van der Waals surface area contributed by atoms with Crippen LogP contribution in [-0.4, -0.2) is 62.3 Å². The fraction of sp³-hybridized carbons (Fsp3) is 0.364. The number of nitrogens with zero attached hydrogens (tertiary/aromatic N) is 2. The molecule has 33 heavy (non-hydrogen) atoms. The zero-order chi connectivity index (χ0) is 24.4. The Morgan fingerprint density at radius 1 is 0.818 bits per heavy atom. The van der Waals surface area contributed by atoms with Gasteiger partial charge in [0.1, 0.15) is 0 Å². The van der Waals surface area contributed by atoms with E-state index in [0.717, 1.165) is 24.3 Å². The average molecular weight is 484 g/mol. The molecule has 178 valence electrons. The van der Waals surface area contributed by atoms with Gasteiger partial charge in [0.05, 0.1) is 10.5 Å². The first kappa shape index (κ1) is 24.7. The topological polar surface area (TPSA) is 86.8 Å². The molecule has 0 aromatic heterocycles. The van der Waals surface area contributed by atoms with Gasteiger partial charge in [-0.15, -0.1) is 0 Å². The smallest absolute Gasteiger partial charge is 0.335 e. The van der Waals surface area contributed by atoms with E-state index in [1.807, 2.05) is 0 Å². The van der Waals surface area contributed by atoms with E-state index in [1.165, 1.54) is 29.2 Å². The van der Waals surface area contributed by atoms with E-state index in [1.54, 1.807) is 18.7 Å². The molecule has 0 spiro atoms. The highest BCUT2D eigenvalue weighted by Crippen LogP contribution is 2.29. The molecule has 11 heteroatoms. The number of hydrogen-bond acceptors (Lipinski definition) is 4. The highest BCUT2D eigenvalue weighted by atomic mass is 32.2. The van der Waals surface area contributed by atoms with Gasteiger partial charge in [-0.25, -0.2) is 13.1 Å². The third-order valence-electron chi connectivity index (χ3n) is 5.12. The Bertz CT molecular complexity index is 1110. The molecular weight excluding hydrogens is 459 g/mol. The average Bonchev–Trinajstić information content (AvgIpc) is 2.77. The zero-order valence-electron chi connectivity index (χ0n) is 18.1. The molecule has 0 saturated carbocycles. The first-order valence-corrected chi connectivity index (χ1v) is 11.7. The fourth-order valence-electron chi connectivity index (χ4n) is 3.43. The van der Waals surface area contributed by atoms with Crippen LogP contribution in [0.2, 0.25) is 0 Å². The van der Waals surface area contributed by atoms with Crippen LogP contribution in [0.25, 0.3) is 0 Å². The second kappa shape index (κ2) is 9.52. The summed E-state index contributed by atoms with van der Waals surface area (Å²) >= 11 is 0. The third kappa shape index (κ3) is 5.91. The molecule has 2 aromatic carbocycles. The molecule has 1 aliphatic rings. The van der Waals surface area contributed by atoms with Crippen LogP contribution >= 0.6 is 0 Å². The normalized spacial score (nSPS) is 15.1. The van der Waals surface area contributed by atoms with Crippen molar-refractivity contribution in [3.8, 4) is 0 Å². The Balaban J connectivity index is 1.60. The maximum Gasteiger partial charge on any atom is 0.416 e. The summed E-state index contributed by atoms with van der Waals surface area (Å²) in [5.74, 6) is -0.694. The van der Waals surface area contributed by atoms with E-state index in [2.05, 4.69) is 4.72 Å². The number of carbonyl (C=O) groups excluding carboxylic acids is 2. The number of hydrogen-bond donors (Lipinski definition) is 1. The van der Waals surface area contributed by atoms with Gasteiger partial charge in [0, 0.05) is 43.3 Å². The molecule has 1 N–H and O–H groups in total. The van der Waals surface area contributed by atoms with Crippen molar-refractivity contribution >= 4 is 21.8 Å². The summed E-state index contributed by atoms with van der Waals surface area (Å²) in [5.41, 5.74) is -0.358. The van der Waals surface area contributed by atoms with Crippen LogP contribution in [0.5, 0.6) is 0 Å². The van der Waals surface area contributed by atoms with Crippen molar-refractivity contribution in [3.05, 3.63) is 65.2 Å². The van der Waals surface area contributed by atoms with Gasteiger partial charge in [-0.3, -0.25) is 9.59 Å². The van der Waals surface area contributed by atoms with Gasteiger partial charge in [0.15, 0.2) is 0 Å². The zero-order valence-corrected chi connectivity index (χ0v) is 18.9. The molecule has 1 heterocycles. The number of alkyl halides is 3. The number of amides is 2. The van der Waals surface area contributed by atoms with Gasteiger partial charge in [-0.05, 0) is 62.4 Å². The van der Waals surface area contributed by atoms with Gasteiger partial charge in [0.25, 0.3) is 11.8 Å². The number of sulfonamides is 1. The van der Waals surface area contributed by atoms with Crippen molar-refractivity contribution in [2.75, 3.05) is 26.2 Å². The molecule has 1 saturated heterocycles. The number of piperazine rings is 1. The molecule has 1 fully saturated rings. The Kier molecular flexibility index (Phi) is 7.13. The number of rotatable bonds is 5. The predicted octanol–water partition coefficient (Wildman–Crippen LogP) is 2.99. The third-order valence-corrected chi connectivity index (χ3v) is 6.79. The van der Waals surface area contributed by atoms with Gasteiger partial charge in [-0.2, -0.15) is 13.2 Å². The van der Waals surface area contributed by atoms with E-state index in [0.29, 0.717) is 5.56 Å². The summed E-state index contributed by atoms with van der Waals surface area (Å²) in [5, 5.41) is 0. The Morgan fingerprint density at radius 2 is 1.21 bits per heavy atom. The quantitative estimate of drug-likeness (QED) is 0.709. The molecule has 7 nitrogen and oxygen atoms in total. The summed E-state index contributed by atoms with van der Waals surface area (Å²) in [6.45, 7) is 4.38. The number of nitrogens with one attached hydrogen (secondary N) is 1. The summed E-state index contributed by atoms with van der Waals surface area (Å²) < 4.78 is 65.0. The van der Waals surface area contributed by atoms with Crippen LogP contribution in [0.15, 0.2) is 53.4 Å². The second-order valence-electron chi connectivity index (χ2n) is 7.96. The summed E-state index contributed by atoms with van der Waals surface area (Å²) in [6, 6.07) is 9.37. The maximum absolute atomic E-state index is 12.8. The van der Waals surface area contributed by atoms with Gasteiger partial charge in [-0.1, -0.05) is 0 Å². The molecule has 2 aromatic rings. The van der Waals surface area contributed by atoms with E-state index < -0.39 is 27.7 Å². The van der Waals surface area contributed by atoms with Crippen LogP contribution < -0.4 is 4.72 Å². The second-order valence-corrected chi connectivity index (χ2v) is 9.67. The monoisotopic (exact) mass is 483 g/mol. The lowest BCUT2D eigenvalue weighted by Gasteiger charge is -2.35. The Labute approximate surface area is 190 Å². The van der Waals surface area contributed by atoms with Crippen molar-refractivity contribution < 1.29 is 31.2 Å². The van der Waals surface area contributed by atoms with Crippen LogP contribution in [0.3, 0.4) is 0 Å². The van der Waals surface area contributed by atoms with Gasteiger partial charge >= 0.3 is 6.18 Å². The molecule has 1 aliphatic heterocycles. The Morgan fingerprint density at radius 3 is 1.58 bits per heavy atom. The molecule has 0 unspecified atom stereocenters. The molecule has 0 atom stereocenters. The largest absolute Gasteiger partial charge is 0.416 e. The lowest BCUT2D eigenvalue weighted by Crippen LogP contribution is -2.50. The van der Waals surface area contributed by atoms with Crippen LogP contribution in [0, 0.1) is 0 Å². The van der Waals surface area contributed by atoms with Crippen LogP contribution in [-0.2, 0) is 16.2 Å². The van der Waals surface area contributed by atoms with Crippen LogP contribution in [0.4, 0.5) is 13.2 Å². The van der Waals surface area contributed by atoms with Crippen molar-refractivity contribution in [1.29, 1.82) is 0 Å². The SMILES string of the molecule is CC(C)NS(=O)(=O)c1ccc(C(=O)N2CCN(C(=O)c3ccc(C(F)(F)F)cc3)CC2)cc1. The number of benzene rings is 2. The van der Waals surface area contributed by atoms with Crippen molar-refractivity contribution in [2.24, 2.45) is 0 Å². The molecule has 0 radical (unpaired) electrons. The van der Waals surface area contributed by atoms with E-state index in [9.17, 15) is 31.2 Å². The lowest BCUT2D eigenvalue weighted by molar-refractivity contribution is -0.137. The first-order valence-electron chi connectivity index (χ1n) is 10.3. The molecule has 0 bridgehead atoms. The highest BCUT2D eigenvalue weighted by Gasteiger charge is 2.31. The minimum atomic E-state index is -4.47. The van der Waals surface area contributed by atoms with Crippen molar-refractivity contribution in [2.45, 2.75) is 31.0 Å². The molecular formula is C22H24F3N3O4S. The lowest BCUT2D eigenvalue weighted by atomic mass is 10.1. The Hall–Kier alpha value is -2.92. The number of halogens is 3. The first-order chi connectivity index (χ1) is 15.4. The minimum absolute atomic E-state index is 0.0553. The van der Waals surface area contributed by atoms with Crippen molar-refractivity contribution in [1.82, 2.24) is 14.5 Å². The summed E-state index contributed by atoms with van der Waals surface area (Å²) in [6.07, 6.45) is -4.47. The number of carbonyl (C=O) groups is 2. The summed E-state index contributed by atoms with van der Waals surface area (Å²) in [7, 11) is -3.66. The predicted molar refractivity (Wildman–Crippen MR) is 115 cm³/mol. The van der Waals surface area contributed by atoms with Crippen molar-refractivity contribution in [3.63, 3.8) is 0 Å². The van der Waals surface area contributed by atoms with Crippen LogP contribution in [0.1, 0.15) is 40.1 Å². The molecule has 3 rings (SSSR count).